The second kappa shape index (κ2) is 6.86. The first-order valence-electron chi connectivity index (χ1n) is 6.12. The van der Waals surface area contributed by atoms with Gasteiger partial charge in [0, 0.05) is 13.1 Å². The van der Waals surface area contributed by atoms with Crippen LogP contribution in [0.15, 0.2) is 18.2 Å². The molecule has 1 rings (SSSR count). The minimum atomic E-state index is -0.364. The first kappa shape index (κ1) is 14.3. The normalized spacial score (nSPS) is 10.3. The molecule has 100 valence electrons. The lowest BCUT2D eigenvalue weighted by Crippen LogP contribution is -2.33. The van der Waals surface area contributed by atoms with Gasteiger partial charge in [-0.3, -0.25) is 4.79 Å². The van der Waals surface area contributed by atoms with E-state index < -0.39 is 0 Å². The van der Waals surface area contributed by atoms with Crippen molar-refractivity contribution in [2.45, 2.75) is 19.8 Å². The number of para-hydroxylation sites is 1. The standard InChI is InChI=1S/C13H20N2O3/c1-2-8-15(9-4-7-14)13(18)10-5-3-6-11(16)12(10)17/h3,5-6,16-17H,2,4,7-9,14H2,1H3. The lowest BCUT2D eigenvalue weighted by Gasteiger charge is -2.22. The van der Waals surface area contributed by atoms with Crippen LogP contribution in [0.4, 0.5) is 0 Å². The van der Waals surface area contributed by atoms with Crippen LogP contribution in [0.2, 0.25) is 0 Å². The molecule has 0 fully saturated rings. The summed E-state index contributed by atoms with van der Waals surface area (Å²) in [5, 5.41) is 19.1. The molecule has 18 heavy (non-hydrogen) atoms. The number of nitrogens with two attached hydrogens (primary N) is 1. The van der Waals surface area contributed by atoms with E-state index in [0.29, 0.717) is 26.1 Å². The maximum atomic E-state index is 12.2. The molecule has 1 aromatic carbocycles. The third-order valence-electron chi connectivity index (χ3n) is 2.66. The van der Waals surface area contributed by atoms with Crippen molar-refractivity contribution in [3.05, 3.63) is 23.8 Å². The fraction of sp³-hybridized carbons (Fsp3) is 0.462. The number of benzene rings is 1. The molecule has 0 aliphatic heterocycles. The molecule has 5 heteroatoms. The van der Waals surface area contributed by atoms with Gasteiger partial charge >= 0.3 is 0 Å². The monoisotopic (exact) mass is 252 g/mol. The molecule has 0 aromatic heterocycles. The van der Waals surface area contributed by atoms with E-state index in [9.17, 15) is 15.0 Å². The van der Waals surface area contributed by atoms with Gasteiger partial charge in [0.05, 0.1) is 5.56 Å². The van der Waals surface area contributed by atoms with Crippen LogP contribution in [0.5, 0.6) is 11.5 Å². The van der Waals surface area contributed by atoms with Crippen LogP contribution in [0.3, 0.4) is 0 Å². The molecule has 5 nitrogen and oxygen atoms in total. The predicted molar refractivity (Wildman–Crippen MR) is 69.6 cm³/mol. The summed E-state index contributed by atoms with van der Waals surface area (Å²) in [5.41, 5.74) is 5.56. The predicted octanol–water partition coefficient (Wildman–Crippen LogP) is 1.30. The number of carbonyl (C=O) groups excluding carboxylic acids is 1. The SMILES string of the molecule is CCCN(CCCN)C(=O)c1cccc(O)c1O. The number of carbonyl (C=O) groups is 1. The third-order valence-corrected chi connectivity index (χ3v) is 2.66. The minimum Gasteiger partial charge on any atom is -0.504 e. The lowest BCUT2D eigenvalue weighted by atomic mass is 10.1. The zero-order valence-corrected chi connectivity index (χ0v) is 10.6. The number of hydrogen-bond donors (Lipinski definition) is 3. The van der Waals surface area contributed by atoms with Crippen molar-refractivity contribution in [3.8, 4) is 11.5 Å². The van der Waals surface area contributed by atoms with Crippen LogP contribution in [0.1, 0.15) is 30.1 Å². The van der Waals surface area contributed by atoms with Gasteiger partial charge in [-0.15, -0.1) is 0 Å². The minimum absolute atomic E-state index is 0.125. The van der Waals surface area contributed by atoms with Crippen molar-refractivity contribution in [2.24, 2.45) is 5.73 Å². The average Bonchev–Trinajstić information content (AvgIpc) is 2.37. The van der Waals surface area contributed by atoms with Crippen LogP contribution < -0.4 is 5.73 Å². The molecule has 0 spiro atoms. The zero-order valence-electron chi connectivity index (χ0n) is 10.6. The van der Waals surface area contributed by atoms with Gasteiger partial charge in [-0.25, -0.2) is 0 Å². The van der Waals surface area contributed by atoms with E-state index in [4.69, 9.17) is 5.73 Å². The second-order valence-corrected chi connectivity index (χ2v) is 4.11. The summed E-state index contributed by atoms with van der Waals surface area (Å²) in [4.78, 5) is 13.9. The highest BCUT2D eigenvalue weighted by Gasteiger charge is 2.19. The van der Waals surface area contributed by atoms with E-state index in [1.165, 1.54) is 18.2 Å². The molecule has 0 aliphatic rings. The summed E-state index contributed by atoms with van der Waals surface area (Å²) in [6.07, 6.45) is 1.54. The Balaban J connectivity index is 2.90. The Bertz CT molecular complexity index is 407. The molecule has 1 aromatic rings. The van der Waals surface area contributed by atoms with Crippen molar-refractivity contribution in [2.75, 3.05) is 19.6 Å². The fourth-order valence-electron chi connectivity index (χ4n) is 1.74. The van der Waals surface area contributed by atoms with Crippen LogP contribution in [-0.2, 0) is 0 Å². The maximum Gasteiger partial charge on any atom is 0.257 e. The van der Waals surface area contributed by atoms with Gasteiger partial charge < -0.3 is 20.8 Å². The molecule has 0 saturated carbocycles. The Morgan fingerprint density at radius 3 is 2.67 bits per heavy atom. The van der Waals surface area contributed by atoms with E-state index >= 15 is 0 Å². The van der Waals surface area contributed by atoms with E-state index in [1.807, 2.05) is 6.92 Å². The zero-order chi connectivity index (χ0) is 13.5. The third kappa shape index (κ3) is 3.37. The Labute approximate surface area is 107 Å². The van der Waals surface area contributed by atoms with Gasteiger partial charge in [0.2, 0.25) is 0 Å². The molecule has 0 unspecified atom stereocenters. The van der Waals surface area contributed by atoms with Crippen LogP contribution in [-0.4, -0.2) is 40.7 Å². The molecule has 0 atom stereocenters. The smallest absolute Gasteiger partial charge is 0.257 e. The summed E-state index contributed by atoms with van der Waals surface area (Å²) < 4.78 is 0. The Hall–Kier alpha value is -1.75. The molecule has 0 bridgehead atoms. The first-order chi connectivity index (χ1) is 8.61. The summed E-state index contributed by atoms with van der Waals surface area (Å²) in [6.45, 7) is 3.65. The number of aromatic hydroxyl groups is 2. The van der Waals surface area contributed by atoms with Crippen molar-refractivity contribution in [1.82, 2.24) is 4.90 Å². The summed E-state index contributed by atoms with van der Waals surface area (Å²) in [7, 11) is 0. The average molecular weight is 252 g/mol. The van der Waals surface area contributed by atoms with E-state index in [-0.39, 0.29) is 23.0 Å². The maximum absolute atomic E-state index is 12.2. The van der Waals surface area contributed by atoms with Crippen LogP contribution >= 0.6 is 0 Å². The van der Waals surface area contributed by atoms with Crippen molar-refractivity contribution in [3.63, 3.8) is 0 Å². The van der Waals surface area contributed by atoms with Gasteiger partial charge in [-0.1, -0.05) is 13.0 Å². The molecular weight excluding hydrogens is 232 g/mol. The molecule has 0 heterocycles. The number of hydrogen-bond acceptors (Lipinski definition) is 4. The number of rotatable bonds is 6. The van der Waals surface area contributed by atoms with Crippen LogP contribution in [0.25, 0.3) is 0 Å². The molecule has 0 saturated heterocycles. The van der Waals surface area contributed by atoms with Gasteiger partial charge in [-0.05, 0) is 31.5 Å². The van der Waals surface area contributed by atoms with Gasteiger partial charge in [0.25, 0.3) is 5.91 Å². The summed E-state index contributed by atoms with van der Waals surface area (Å²) >= 11 is 0. The Morgan fingerprint density at radius 1 is 1.33 bits per heavy atom. The molecule has 1 amide bonds. The highest BCUT2D eigenvalue weighted by atomic mass is 16.3. The van der Waals surface area contributed by atoms with Crippen molar-refractivity contribution < 1.29 is 15.0 Å². The number of amides is 1. The largest absolute Gasteiger partial charge is 0.504 e. The van der Waals surface area contributed by atoms with E-state index in [2.05, 4.69) is 0 Å². The highest BCUT2D eigenvalue weighted by Crippen LogP contribution is 2.29. The van der Waals surface area contributed by atoms with Gasteiger partial charge in [0.1, 0.15) is 0 Å². The number of phenols is 2. The van der Waals surface area contributed by atoms with E-state index in [1.54, 1.807) is 4.90 Å². The fourth-order valence-corrected chi connectivity index (χ4v) is 1.74. The van der Waals surface area contributed by atoms with Gasteiger partial charge in [-0.2, -0.15) is 0 Å². The molecule has 0 radical (unpaired) electrons. The lowest BCUT2D eigenvalue weighted by molar-refractivity contribution is 0.0751. The Morgan fingerprint density at radius 2 is 2.06 bits per heavy atom. The van der Waals surface area contributed by atoms with Crippen molar-refractivity contribution >= 4 is 5.91 Å². The highest BCUT2D eigenvalue weighted by molar-refractivity contribution is 5.97. The summed E-state index contributed by atoms with van der Waals surface area (Å²) in [6, 6.07) is 4.38. The van der Waals surface area contributed by atoms with E-state index in [0.717, 1.165) is 6.42 Å². The van der Waals surface area contributed by atoms with Crippen molar-refractivity contribution in [1.29, 1.82) is 0 Å². The first-order valence-corrected chi connectivity index (χ1v) is 6.12. The second-order valence-electron chi connectivity index (χ2n) is 4.11. The molecule has 4 N–H and O–H groups in total. The topological polar surface area (TPSA) is 86.8 Å². The van der Waals surface area contributed by atoms with Gasteiger partial charge in [0.15, 0.2) is 11.5 Å². The Kier molecular flexibility index (Phi) is 5.45. The number of nitrogens with zero attached hydrogens (tertiary/aromatic N) is 1. The molecule has 0 aliphatic carbocycles. The van der Waals surface area contributed by atoms with Crippen LogP contribution in [0, 0.1) is 0 Å². The quantitative estimate of drug-likeness (QED) is 0.666. The molecular formula is C13H20N2O3. The number of phenolic OH excluding ortho intramolecular Hbond substituents is 2. The summed E-state index contributed by atoms with van der Waals surface area (Å²) in [5.74, 6) is -0.925.